The van der Waals surface area contributed by atoms with E-state index < -0.39 is 0 Å². The molecule has 0 fully saturated rings. The summed E-state index contributed by atoms with van der Waals surface area (Å²) in [5.41, 5.74) is 2.25. The van der Waals surface area contributed by atoms with Crippen LogP contribution in [-0.2, 0) is 0 Å². The van der Waals surface area contributed by atoms with Gasteiger partial charge in [0.25, 0.3) is 0 Å². The second-order valence-electron chi connectivity index (χ2n) is 5.66. The molecule has 0 radical (unpaired) electrons. The molecule has 0 bridgehead atoms. The second kappa shape index (κ2) is 5.63. The molecule has 124 valence electrons. The number of hydrogen-bond donors (Lipinski definition) is 1. The number of carbonyl (C=O) groups is 1. The fraction of sp³-hybridized carbons (Fsp3) is 0.278. The summed E-state index contributed by atoms with van der Waals surface area (Å²) in [6.07, 6.45) is 0.330. The first-order valence-corrected chi connectivity index (χ1v) is 7.65. The van der Waals surface area contributed by atoms with E-state index in [1.165, 1.54) is 0 Å². The molecule has 6 nitrogen and oxygen atoms in total. The Morgan fingerprint density at radius 3 is 2.67 bits per heavy atom. The predicted molar refractivity (Wildman–Crippen MR) is 87.4 cm³/mol. The number of ketones is 1. The van der Waals surface area contributed by atoms with Crippen LogP contribution in [0, 0.1) is 0 Å². The number of ether oxygens (including phenoxy) is 4. The topological polar surface area (TPSA) is 66.0 Å². The van der Waals surface area contributed by atoms with Crippen LogP contribution < -0.4 is 24.3 Å². The molecule has 6 heteroatoms. The van der Waals surface area contributed by atoms with Crippen LogP contribution in [0.5, 0.6) is 23.0 Å². The highest BCUT2D eigenvalue weighted by molar-refractivity contribution is 6.04. The zero-order chi connectivity index (χ0) is 16.7. The second-order valence-corrected chi connectivity index (χ2v) is 5.66. The van der Waals surface area contributed by atoms with Crippen molar-refractivity contribution in [3.05, 3.63) is 41.5 Å². The van der Waals surface area contributed by atoms with E-state index in [0.717, 1.165) is 11.3 Å². The minimum Gasteiger partial charge on any atom is -0.493 e. The van der Waals surface area contributed by atoms with Crippen molar-refractivity contribution in [2.24, 2.45) is 0 Å². The summed E-state index contributed by atoms with van der Waals surface area (Å²) in [6.45, 7) is 0.180. The lowest BCUT2D eigenvalue weighted by Crippen LogP contribution is -2.23. The number of methoxy groups -OCH3 is 2. The van der Waals surface area contributed by atoms with Crippen LogP contribution in [0.2, 0.25) is 0 Å². The Morgan fingerprint density at radius 2 is 1.92 bits per heavy atom. The fourth-order valence-corrected chi connectivity index (χ4v) is 3.20. The number of rotatable bonds is 3. The summed E-state index contributed by atoms with van der Waals surface area (Å²) >= 11 is 0. The number of nitrogens with one attached hydrogen (secondary N) is 1. The Hall–Kier alpha value is -2.89. The van der Waals surface area contributed by atoms with E-state index in [9.17, 15) is 4.79 Å². The van der Waals surface area contributed by atoms with Gasteiger partial charge in [0.2, 0.25) is 6.79 Å². The molecular formula is C18H17NO5. The smallest absolute Gasteiger partial charge is 0.231 e. The highest BCUT2D eigenvalue weighted by Gasteiger charge is 2.31. The molecule has 0 saturated heterocycles. The Labute approximate surface area is 139 Å². The van der Waals surface area contributed by atoms with Gasteiger partial charge < -0.3 is 24.3 Å². The van der Waals surface area contributed by atoms with Crippen molar-refractivity contribution < 1.29 is 23.7 Å². The van der Waals surface area contributed by atoms with Gasteiger partial charge in [-0.15, -0.1) is 0 Å². The maximum Gasteiger partial charge on any atom is 0.231 e. The van der Waals surface area contributed by atoms with E-state index >= 15 is 0 Å². The van der Waals surface area contributed by atoms with Crippen molar-refractivity contribution in [2.75, 3.05) is 26.3 Å². The van der Waals surface area contributed by atoms with Gasteiger partial charge in [0.15, 0.2) is 28.8 Å². The summed E-state index contributed by atoms with van der Waals surface area (Å²) in [5.74, 6) is 2.58. The third kappa shape index (κ3) is 2.22. The van der Waals surface area contributed by atoms with Gasteiger partial charge in [-0.3, -0.25) is 4.79 Å². The normalized spacial score (nSPS) is 17.9. The SMILES string of the molecule is COc1cccc([C@H]2CC(=O)c3cc4c(cc3N2)OCO4)c1OC. The number of anilines is 1. The van der Waals surface area contributed by atoms with Gasteiger partial charge in [0.05, 0.1) is 20.3 Å². The number of para-hydroxylation sites is 1. The molecule has 0 aliphatic carbocycles. The largest absolute Gasteiger partial charge is 0.493 e. The van der Waals surface area contributed by atoms with Crippen molar-refractivity contribution in [3.8, 4) is 23.0 Å². The van der Waals surface area contributed by atoms with E-state index in [0.29, 0.717) is 35.0 Å². The number of Topliss-reactive ketones (excluding diaryl/α,β-unsaturated/α-hetero) is 1. The Morgan fingerprint density at radius 1 is 1.12 bits per heavy atom. The van der Waals surface area contributed by atoms with Gasteiger partial charge in [-0.1, -0.05) is 12.1 Å². The minimum absolute atomic E-state index is 0.0527. The molecule has 1 N–H and O–H groups in total. The average Bonchev–Trinajstić information content (AvgIpc) is 3.06. The Kier molecular flexibility index (Phi) is 3.45. The molecule has 1 atom stereocenters. The molecular weight excluding hydrogens is 310 g/mol. The summed E-state index contributed by atoms with van der Waals surface area (Å²) in [6, 6.07) is 9.01. The van der Waals surface area contributed by atoms with Crippen molar-refractivity contribution in [2.45, 2.75) is 12.5 Å². The summed E-state index contributed by atoms with van der Waals surface area (Å²) in [5, 5.41) is 3.41. The van der Waals surface area contributed by atoms with E-state index in [4.69, 9.17) is 18.9 Å². The lowest BCUT2D eigenvalue weighted by Gasteiger charge is -2.28. The zero-order valence-electron chi connectivity index (χ0n) is 13.4. The van der Waals surface area contributed by atoms with E-state index in [1.54, 1.807) is 20.3 Å². The molecule has 2 aliphatic heterocycles. The zero-order valence-corrected chi connectivity index (χ0v) is 13.4. The van der Waals surface area contributed by atoms with Crippen molar-refractivity contribution in [1.29, 1.82) is 0 Å². The third-order valence-electron chi connectivity index (χ3n) is 4.34. The van der Waals surface area contributed by atoms with Crippen molar-refractivity contribution in [1.82, 2.24) is 0 Å². The van der Waals surface area contributed by atoms with E-state index in [2.05, 4.69) is 5.32 Å². The first-order chi connectivity index (χ1) is 11.7. The lowest BCUT2D eigenvalue weighted by atomic mass is 9.91. The van der Waals surface area contributed by atoms with Gasteiger partial charge in [0, 0.05) is 29.3 Å². The molecule has 0 spiro atoms. The van der Waals surface area contributed by atoms with Crippen molar-refractivity contribution in [3.63, 3.8) is 0 Å². The van der Waals surface area contributed by atoms with Crippen LogP contribution in [0.1, 0.15) is 28.4 Å². The average molecular weight is 327 g/mol. The summed E-state index contributed by atoms with van der Waals surface area (Å²) < 4.78 is 21.6. The molecule has 0 saturated carbocycles. The van der Waals surface area contributed by atoms with Gasteiger partial charge in [0.1, 0.15) is 0 Å². The number of hydrogen-bond acceptors (Lipinski definition) is 6. The monoisotopic (exact) mass is 327 g/mol. The van der Waals surface area contributed by atoms with Crippen LogP contribution in [0.4, 0.5) is 5.69 Å². The van der Waals surface area contributed by atoms with Gasteiger partial charge in [-0.2, -0.15) is 0 Å². The first kappa shape index (κ1) is 14.7. The van der Waals surface area contributed by atoms with Gasteiger partial charge in [-0.25, -0.2) is 0 Å². The third-order valence-corrected chi connectivity index (χ3v) is 4.34. The quantitative estimate of drug-likeness (QED) is 0.934. The molecule has 2 heterocycles. The summed E-state index contributed by atoms with van der Waals surface area (Å²) in [4.78, 5) is 12.6. The molecule has 2 aromatic carbocycles. The Balaban J connectivity index is 1.74. The van der Waals surface area contributed by atoms with Crippen LogP contribution >= 0.6 is 0 Å². The maximum absolute atomic E-state index is 12.6. The van der Waals surface area contributed by atoms with Crippen LogP contribution in [0.3, 0.4) is 0 Å². The van der Waals surface area contributed by atoms with Crippen LogP contribution in [-0.4, -0.2) is 26.8 Å². The number of fused-ring (bicyclic) bond motifs is 2. The maximum atomic E-state index is 12.6. The molecule has 2 aromatic rings. The van der Waals surface area contributed by atoms with Crippen LogP contribution in [0.15, 0.2) is 30.3 Å². The number of carbonyl (C=O) groups excluding carboxylic acids is 1. The Bertz CT molecular complexity index is 817. The van der Waals surface area contributed by atoms with Crippen molar-refractivity contribution >= 4 is 11.5 Å². The molecule has 4 rings (SSSR count). The lowest BCUT2D eigenvalue weighted by molar-refractivity contribution is 0.0971. The molecule has 2 aliphatic rings. The van der Waals surface area contributed by atoms with E-state index in [1.807, 2.05) is 24.3 Å². The van der Waals surface area contributed by atoms with Gasteiger partial charge in [-0.05, 0) is 12.1 Å². The predicted octanol–water partition coefficient (Wildman–Crippen LogP) is 3.17. The summed E-state index contributed by atoms with van der Waals surface area (Å²) in [7, 11) is 3.19. The molecule has 0 amide bonds. The standard InChI is InChI=1S/C18H17NO5/c1-21-15-5-3-4-10(18(15)22-2)12-7-14(20)11-6-16-17(24-9-23-16)8-13(11)19-12/h3-6,8,12,19H,7,9H2,1-2H3/t12-/m1/s1. The molecule has 0 aromatic heterocycles. The highest BCUT2D eigenvalue weighted by atomic mass is 16.7. The van der Waals surface area contributed by atoms with E-state index in [-0.39, 0.29) is 18.6 Å². The molecule has 0 unspecified atom stereocenters. The highest BCUT2D eigenvalue weighted by Crippen LogP contribution is 2.44. The first-order valence-electron chi connectivity index (χ1n) is 7.65. The fourth-order valence-electron chi connectivity index (χ4n) is 3.20. The minimum atomic E-state index is -0.199. The van der Waals surface area contributed by atoms with Crippen LogP contribution in [0.25, 0.3) is 0 Å². The molecule has 24 heavy (non-hydrogen) atoms. The number of benzene rings is 2. The van der Waals surface area contributed by atoms with Gasteiger partial charge >= 0.3 is 0 Å².